The monoisotopic (exact) mass is 358 g/mol. The Hall–Kier alpha value is -0.880. The predicted molar refractivity (Wildman–Crippen MR) is 93.1 cm³/mol. The zero-order valence-corrected chi connectivity index (χ0v) is 15.4. The lowest BCUT2D eigenvalue weighted by Gasteiger charge is -2.51. The first-order chi connectivity index (χ1) is 11.2. The number of fused-ring (bicyclic) bond motifs is 2. The van der Waals surface area contributed by atoms with Gasteiger partial charge in [0.15, 0.2) is 0 Å². The molecule has 0 saturated heterocycles. The van der Waals surface area contributed by atoms with Gasteiger partial charge in [0.2, 0.25) is 0 Å². The summed E-state index contributed by atoms with van der Waals surface area (Å²) in [7, 11) is -4.07. The fourth-order valence-corrected chi connectivity index (χ4v) is 5.06. The van der Waals surface area contributed by atoms with E-state index in [1.807, 2.05) is 0 Å². The summed E-state index contributed by atoms with van der Waals surface area (Å²) in [4.78, 5) is 11.8. The Morgan fingerprint density at radius 2 is 2.21 bits per heavy atom. The van der Waals surface area contributed by atoms with Gasteiger partial charge in [0, 0.05) is 6.42 Å². The molecule has 2 aliphatic carbocycles. The van der Waals surface area contributed by atoms with E-state index in [0.29, 0.717) is 23.7 Å². The van der Waals surface area contributed by atoms with Crippen molar-refractivity contribution in [3.05, 3.63) is 12.7 Å². The van der Waals surface area contributed by atoms with E-state index >= 15 is 0 Å². The van der Waals surface area contributed by atoms with Crippen LogP contribution in [0.25, 0.3) is 0 Å². The summed E-state index contributed by atoms with van der Waals surface area (Å²) in [6.45, 7) is 5.98. The van der Waals surface area contributed by atoms with Gasteiger partial charge in [-0.1, -0.05) is 25.8 Å². The Kier molecular flexibility index (Phi) is 6.48. The van der Waals surface area contributed by atoms with Crippen LogP contribution in [0, 0.1) is 23.2 Å². The number of carbonyl (C=O) groups is 1. The molecule has 0 amide bonds. The first-order valence-corrected chi connectivity index (χ1v) is 10.6. The first kappa shape index (κ1) is 19.4. The molecule has 5 nitrogen and oxygen atoms in total. The standard InChI is InChI=1S/C18H30O5S/c1-3-14(2)18-8-4-5-15(12-18)11-16(13-18)6-7-17(19)23-9-10-24(20,21)22/h3,14-16H,1,4-13H2,2H3,(H,20,21,22). The quantitative estimate of drug-likeness (QED) is 0.407. The Bertz CT molecular complexity index is 556. The smallest absolute Gasteiger partial charge is 0.305 e. The van der Waals surface area contributed by atoms with Crippen LogP contribution in [0.4, 0.5) is 0 Å². The average Bonchev–Trinajstić information content (AvgIpc) is 2.50. The van der Waals surface area contributed by atoms with Crippen LogP contribution in [0.3, 0.4) is 0 Å². The zero-order valence-electron chi connectivity index (χ0n) is 14.6. The molecule has 0 aromatic heterocycles. The maximum Gasteiger partial charge on any atom is 0.305 e. The van der Waals surface area contributed by atoms with Crippen LogP contribution in [-0.2, 0) is 19.6 Å². The fraction of sp³-hybridized carbons (Fsp3) is 0.833. The fourth-order valence-electron chi connectivity index (χ4n) is 4.76. The minimum atomic E-state index is -4.07. The summed E-state index contributed by atoms with van der Waals surface area (Å²) < 4.78 is 34.8. The van der Waals surface area contributed by atoms with E-state index in [9.17, 15) is 13.2 Å². The van der Waals surface area contributed by atoms with Gasteiger partial charge < -0.3 is 4.74 Å². The number of esters is 1. The average molecular weight is 359 g/mol. The SMILES string of the molecule is C=CC(C)C12CCCC(CC(CCC(=O)OCCS(=O)(=O)O)C1)C2. The van der Waals surface area contributed by atoms with Gasteiger partial charge in [-0.3, -0.25) is 9.35 Å². The summed E-state index contributed by atoms with van der Waals surface area (Å²) in [6.07, 6.45) is 10.7. The number of ether oxygens (including phenoxy) is 1. The van der Waals surface area contributed by atoms with Crippen LogP contribution in [-0.4, -0.2) is 31.3 Å². The molecular formula is C18H30O5S. The zero-order chi connectivity index (χ0) is 17.8. The molecule has 0 spiro atoms. The first-order valence-electron chi connectivity index (χ1n) is 8.97. The van der Waals surface area contributed by atoms with Gasteiger partial charge in [0.25, 0.3) is 10.1 Å². The van der Waals surface area contributed by atoms with E-state index in [1.165, 1.54) is 32.1 Å². The second-order valence-electron chi connectivity index (χ2n) is 7.70. The molecule has 0 heterocycles. The van der Waals surface area contributed by atoms with Crippen molar-refractivity contribution in [3.63, 3.8) is 0 Å². The third kappa shape index (κ3) is 5.31. The molecule has 2 bridgehead atoms. The predicted octanol–water partition coefficient (Wildman–Crippen LogP) is 3.61. The molecule has 2 saturated carbocycles. The van der Waals surface area contributed by atoms with E-state index in [-0.39, 0.29) is 12.6 Å². The maximum atomic E-state index is 11.8. The highest BCUT2D eigenvalue weighted by Crippen LogP contribution is 2.55. The van der Waals surface area contributed by atoms with Crippen molar-refractivity contribution in [3.8, 4) is 0 Å². The second-order valence-corrected chi connectivity index (χ2v) is 9.27. The molecule has 2 fully saturated rings. The molecule has 0 radical (unpaired) electrons. The van der Waals surface area contributed by atoms with Gasteiger partial charge in [-0.05, 0) is 55.3 Å². The van der Waals surface area contributed by atoms with E-state index in [0.717, 1.165) is 18.8 Å². The Morgan fingerprint density at radius 1 is 1.46 bits per heavy atom. The van der Waals surface area contributed by atoms with Gasteiger partial charge in [0.05, 0.1) is 0 Å². The van der Waals surface area contributed by atoms with Crippen molar-refractivity contribution in [1.82, 2.24) is 0 Å². The molecule has 1 N–H and O–H groups in total. The van der Waals surface area contributed by atoms with Crippen LogP contribution in [0.15, 0.2) is 12.7 Å². The Labute approximate surface area is 145 Å². The molecule has 0 aliphatic heterocycles. The summed E-state index contributed by atoms with van der Waals surface area (Å²) in [5.41, 5.74) is 0.350. The van der Waals surface area contributed by atoms with Gasteiger partial charge in [-0.2, -0.15) is 8.42 Å². The van der Waals surface area contributed by atoms with Crippen molar-refractivity contribution in [1.29, 1.82) is 0 Å². The van der Waals surface area contributed by atoms with Crippen LogP contribution < -0.4 is 0 Å². The summed E-state index contributed by atoms with van der Waals surface area (Å²) in [5, 5.41) is 0. The number of hydrogen-bond acceptors (Lipinski definition) is 4. The molecule has 6 heteroatoms. The van der Waals surface area contributed by atoms with Crippen molar-refractivity contribution >= 4 is 16.1 Å². The Morgan fingerprint density at radius 3 is 2.88 bits per heavy atom. The van der Waals surface area contributed by atoms with Crippen molar-refractivity contribution < 1.29 is 22.5 Å². The molecule has 2 aliphatic rings. The third-order valence-electron chi connectivity index (χ3n) is 6.02. The number of rotatable bonds is 8. The lowest BCUT2D eigenvalue weighted by molar-refractivity contribution is -0.143. The maximum absolute atomic E-state index is 11.8. The van der Waals surface area contributed by atoms with Crippen LogP contribution in [0.5, 0.6) is 0 Å². The van der Waals surface area contributed by atoms with Crippen molar-refractivity contribution in [2.24, 2.45) is 23.2 Å². The lowest BCUT2D eigenvalue weighted by atomic mass is 9.54. The minimum absolute atomic E-state index is 0.275. The molecule has 138 valence electrons. The van der Waals surface area contributed by atoms with Gasteiger partial charge >= 0.3 is 5.97 Å². The van der Waals surface area contributed by atoms with Crippen LogP contribution in [0.2, 0.25) is 0 Å². The molecule has 2 rings (SSSR count). The lowest BCUT2D eigenvalue weighted by Crippen LogP contribution is -2.40. The van der Waals surface area contributed by atoms with Crippen molar-refractivity contribution in [2.45, 2.75) is 58.3 Å². The van der Waals surface area contributed by atoms with E-state index in [2.05, 4.69) is 19.6 Å². The molecule has 4 atom stereocenters. The largest absolute Gasteiger partial charge is 0.464 e. The highest BCUT2D eigenvalue weighted by Gasteiger charge is 2.45. The summed E-state index contributed by atoms with van der Waals surface area (Å²) >= 11 is 0. The molecule has 0 aromatic rings. The van der Waals surface area contributed by atoms with Crippen molar-refractivity contribution in [2.75, 3.05) is 12.4 Å². The van der Waals surface area contributed by atoms with E-state index in [1.54, 1.807) is 0 Å². The molecular weight excluding hydrogens is 328 g/mol. The van der Waals surface area contributed by atoms with Crippen LogP contribution >= 0.6 is 0 Å². The topological polar surface area (TPSA) is 80.7 Å². The highest BCUT2D eigenvalue weighted by molar-refractivity contribution is 7.85. The Balaban J connectivity index is 1.82. The summed E-state index contributed by atoms with van der Waals surface area (Å²) in [5.74, 6) is 0.880. The second kappa shape index (κ2) is 8.00. The highest BCUT2D eigenvalue weighted by atomic mass is 32.2. The third-order valence-corrected chi connectivity index (χ3v) is 6.71. The molecule has 0 aromatic carbocycles. The van der Waals surface area contributed by atoms with Gasteiger partial charge in [-0.25, -0.2) is 0 Å². The summed E-state index contributed by atoms with van der Waals surface area (Å²) in [6, 6.07) is 0. The number of carbonyl (C=O) groups excluding carboxylic acids is 1. The van der Waals surface area contributed by atoms with Crippen LogP contribution in [0.1, 0.15) is 58.3 Å². The normalized spacial score (nSPS) is 31.2. The minimum Gasteiger partial charge on any atom is -0.464 e. The van der Waals surface area contributed by atoms with Gasteiger partial charge in [-0.15, -0.1) is 6.58 Å². The van der Waals surface area contributed by atoms with Gasteiger partial charge in [0.1, 0.15) is 12.4 Å². The molecule has 4 unspecified atom stereocenters. The number of allylic oxidation sites excluding steroid dienone is 1. The number of hydrogen-bond donors (Lipinski definition) is 1. The van der Waals surface area contributed by atoms with E-state index < -0.39 is 15.9 Å². The van der Waals surface area contributed by atoms with E-state index in [4.69, 9.17) is 9.29 Å². The molecule has 24 heavy (non-hydrogen) atoms.